The van der Waals surface area contributed by atoms with E-state index in [-0.39, 0.29) is 6.04 Å². The van der Waals surface area contributed by atoms with Crippen molar-refractivity contribution in [1.82, 2.24) is 25.2 Å². The van der Waals surface area contributed by atoms with Gasteiger partial charge in [-0.3, -0.25) is 9.69 Å². The molecule has 0 saturated carbocycles. The van der Waals surface area contributed by atoms with Crippen molar-refractivity contribution in [3.05, 3.63) is 48.4 Å². The monoisotopic (exact) mass is 363 g/mol. The summed E-state index contributed by atoms with van der Waals surface area (Å²) in [6.07, 6.45) is 2.25. The number of carbonyl (C=O) groups excluding carboxylic acids is 2. The summed E-state index contributed by atoms with van der Waals surface area (Å²) in [5.74, 6) is -0.0242. The van der Waals surface area contributed by atoms with Crippen molar-refractivity contribution in [2.75, 3.05) is 4.90 Å². The lowest BCUT2D eigenvalue weighted by molar-refractivity contribution is -0.125. The number of pyridine rings is 1. The number of rotatable bonds is 3. The van der Waals surface area contributed by atoms with Gasteiger partial charge in [-0.2, -0.15) is 4.68 Å². The Morgan fingerprint density at radius 3 is 2.78 bits per heavy atom. The number of fused-ring (bicyclic) bond motifs is 3. The van der Waals surface area contributed by atoms with Crippen molar-refractivity contribution in [3.8, 4) is 16.9 Å². The first-order valence-electron chi connectivity index (χ1n) is 8.24. The van der Waals surface area contributed by atoms with Crippen LogP contribution in [-0.4, -0.2) is 49.3 Å². The standard InChI is InChI=1S/C17H13N7O3/c18-16(25)15-13-6-11-5-9(1-3-12(11)24(13)17(26)27-15)10-2-4-14(19-7-10)23-8-20-21-22-23/h1-5,7-8,13,15H,6H2,(H2,18,25)/t13-,15?/m0/s1. The van der Waals surface area contributed by atoms with Gasteiger partial charge < -0.3 is 10.5 Å². The highest BCUT2D eigenvalue weighted by Crippen LogP contribution is 2.40. The van der Waals surface area contributed by atoms with Crippen LogP contribution in [0.3, 0.4) is 0 Å². The van der Waals surface area contributed by atoms with Crippen molar-refractivity contribution in [3.63, 3.8) is 0 Å². The van der Waals surface area contributed by atoms with Gasteiger partial charge in [0.15, 0.2) is 5.82 Å². The quantitative estimate of drug-likeness (QED) is 0.715. The van der Waals surface area contributed by atoms with Gasteiger partial charge in [-0.1, -0.05) is 6.07 Å². The van der Waals surface area contributed by atoms with Gasteiger partial charge in [-0.05, 0) is 52.2 Å². The number of primary amides is 1. The minimum absolute atomic E-state index is 0.388. The zero-order valence-electron chi connectivity index (χ0n) is 13.9. The molecule has 3 aromatic rings. The Labute approximate surface area is 152 Å². The van der Waals surface area contributed by atoms with Crippen LogP contribution in [0.1, 0.15) is 5.56 Å². The molecular weight excluding hydrogens is 350 g/mol. The van der Waals surface area contributed by atoms with Crippen LogP contribution in [0.5, 0.6) is 0 Å². The van der Waals surface area contributed by atoms with Crippen molar-refractivity contribution in [2.24, 2.45) is 5.73 Å². The second-order valence-electron chi connectivity index (χ2n) is 6.35. The van der Waals surface area contributed by atoms with E-state index in [9.17, 15) is 9.59 Å². The maximum atomic E-state index is 12.1. The Balaban J connectivity index is 1.46. The number of hydrogen-bond acceptors (Lipinski definition) is 7. The fourth-order valence-electron chi connectivity index (χ4n) is 3.59. The van der Waals surface area contributed by atoms with Gasteiger partial charge in [-0.25, -0.2) is 9.78 Å². The molecule has 0 bridgehead atoms. The number of hydrogen-bond donors (Lipinski definition) is 1. The van der Waals surface area contributed by atoms with E-state index in [0.29, 0.717) is 12.2 Å². The maximum absolute atomic E-state index is 12.1. The number of ether oxygens (including phenoxy) is 1. The second-order valence-corrected chi connectivity index (χ2v) is 6.35. The average Bonchev–Trinajstić information content (AvgIpc) is 3.38. The molecule has 0 aliphatic carbocycles. The highest BCUT2D eigenvalue weighted by molar-refractivity contribution is 5.99. The van der Waals surface area contributed by atoms with Gasteiger partial charge in [0.2, 0.25) is 6.10 Å². The molecule has 2 aliphatic heterocycles. The SMILES string of the molecule is NC(=O)C1OC(=O)N2c3ccc(-c4ccc(-n5cnnn5)nc4)cc3C[C@@H]12. The first-order valence-corrected chi connectivity index (χ1v) is 8.24. The number of carbonyl (C=O) groups is 2. The zero-order valence-corrected chi connectivity index (χ0v) is 13.9. The highest BCUT2D eigenvalue weighted by Gasteiger charge is 2.49. The summed E-state index contributed by atoms with van der Waals surface area (Å²) < 4.78 is 6.56. The Morgan fingerprint density at radius 2 is 2.07 bits per heavy atom. The van der Waals surface area contributed by atoms with Crippen LogP contribution in [0.25, 0.3) is 16.9 Å². The minimum atomic E-state index is -0.925. The van der Waals surface area contributed by atoms with Crippen molar-refractivity contribution in [2.45, 2.75) is 18.6 Å². The second kappa shape index (κ2) is 5.59. The lowest BCUT2D eigenvalue weighted by Crippen LogP contribution is -2.40. The molecule has 2 atom stereocenters. The van der Waals surface area contributed by atoms with Gasteiger partial charge in [0, 0.05) is 11.8 Å². The molecule has 1 unspecified atom stereocenters. The molecule has 2 N–H and O–H groups in total. The van der Waals surface area contributed by atoms with Gasteiger partial charge in [0.1, 0.15) is 6.33 Å². The molecule has 5 rings (SSSR count). The first kappa shape index (κ1) is 15.4. The first-order chi connectivity index (χ1) is 13.1. The van der Waals surface area contributed by atoms with Crippen LogP contribution in [0.2, 0.25) is 0 Å². The summed E-state index contributed by atoms with van der Waals surface area (Å²) in [4.78, 5) is 29.5. The van der Waals surface area contributed by atoms with Crippen LogP contribution in [0.15, 0.2) is 42.9 Å². The number of aromatic nitrogens is 5. The molecule has 2 aliphatic rings. The van der Waals surface area contributed by atoms with E-state index in [1.54, 1.807) is 6.20 Å². The highest BCUT2D eigenvalue weighted by atomic mass is 16.6. The normalized spacial score (nSPS) is 20.3. The van der Waals surface area contributed by atoms with Crippen LogP contribution >= 0.6 is 0 Å². The van der Waals surface area contributed by atoms with E-state index in [0.717, 1.165) is 22.4 Å². The molecule has 0 spiro atoms. The number of amides is 2. The topological polar surface area (TPSA) is 129 Å². The third-order valence-electron chi connectivity index (χ3n) is 4.82. The number of anilines is 1. The summed E-state index contributed by atoms with van der Waals surface area (Å²) in [6.45, 7) is 0. The Hall–Kier alpha value is -3.82. The fraction of sp³-hybridized carbons (Fsp3) is 0.176. The maximum Gasteiger partial charge on any atom is 0.415 e. The van der Waals surface area contributed by atoms with Crippen molar-refractivity contribution < 1.29 is 14.3 Å². The number of nitrogens with zero attached hydrogens (tertiary/aromatic N) is 6. The molecular formula is C17H13N7O3. The molecule has 1 fully saturated rings. The van der Waals surface area contributed by atoms with E-state index in [4.69, 9.17) is 10.5 Å². The summed E-state index contributed by atoms with van der Waals surface area (Å²) in [7, 11) is 0. The number of tetrazole rings is 1. The predicted molar refractivity (Wildman–Crippen MR) is 91.8 cm³/mol. The van der Waals surface area contributed by atoms with E-state index in [1.165, 1.54) is 15.9 Å². The average molecular weight is 363 g/mol. The Kier molecular flexibility index (Phi) is 3.20. The molecule has 27 heavy (non-hydrogen) atoms. The van der Waals surface area contributed by atoms with Gasteiger partial charge in [0.05, 0.1) is 11.7 Å². The molecule has 10 nitrogen and oxygen atoms in total. The molecule has 0 radical (unpaired) electrons. The van der Waals surface area contributed by atoms with Crippen LogP contribution in [0.4, 0.5) is 10.5 Å². The fourth-order valence-corrected chi connectivity index (χ4v) is 3.59. The number of nitrogens with two attached hydrogens (primary N) is 1. The molecule has 10 heteroatoms. The summed E-state index contributed by atoms with van der Waals surface area (Å²) in [6, 6.07) is 9.09. The van der Waals surface area contributed by atoms with Gasteiger partial charge >= 0.3 is 6.09 Å². The van der Waals surface area contributed by atoms with Gasteiger partial charge in [0.25, 0.3) is 5.91 Å². The summed E-state index contributed by atoms with van der Waals surface area (Å²) in [5.41, 5.74) is 8.93. The third kappa shape index (κ3) is 2.34. The molecule has 1 aromatic carbocycles. The Bertz CT molecular complexity index is 1050. The van der Waals surface area contributed by atoms with E-state index in [1.807, 2.05) is 30.3 Å². The zero-order chi connectivity index (χ0) is 18.5. The summed E-state index contributed by atoms with van der Waals surface area (Å²) in [5, 5.41) is 11.0. The van der Waals surface area contributed by atoms with E-state index < -0.39 is 18.1 Å². The Morgan fingerprint density at radius 1 is 1.22 bits per heavy atom. The minimum Gasteiger partial charge on any atom is -0.433 e. The lowest BCUT2D eigenvalue weighted by atomic mass is 10.0. The molecule has 4 heterocycles. The molecule has 134 valence electrons. The van der Waals surface area contributed by atoms with Gasteiger partial charge in [-0.15, -0.1) is 5.10 Å². The van der Waals surface area contributed by atoms with Crippen molar-refractivity contribution in [1.29, 1.82) is 0 Å². The number of cyclic esters (lactones) is 1. The summed E-state index contributed by atoms with van der Waals surface area (Å²) >= 11 is 0. The van der Waals surface area contributed by atoms with E-state index >= 15 is 0 Å². The number of benzene rings is 1. The molecule has 1 saturated heterocycles. The van der Waals surface area contributed by atoms with Crippen LogP contribution in [0, 0.1) is 0 Å². The van der Waals surface area contributed by atoms with Crippen molar-refractivity contribution >= 4 is 17.7 Å². The predicted octanol–water partition coefficient (Wildman–Crippen LogP) is 0.459. The lowest BCUT2D eigenvalue weighted by Gasteiger charge is -2.14. The van der Waals surface area contributed by atoms with Crippen LogP contribution < -0.4 is 10.6 Å². The largest absolute Gasteiger partial charge is 0.433 e. The molecule has 2 aromatic heterocycles. The van der Waals surface area contributed by atoms with Crippen LogP contribution in [-0.2, 0) is 16.0 Å². The smallest absolute Gasteiger partial charge is 0.415 e. The third-order valence-corrected chi connectivity index (χ3v) is 4.82. The molecule has 2 amide bonds. The van der Waals surface area contributed by atoms with E-state index in [2.05, 4.69) is 20.5 Å².